The van der Waals surface area contributed by atoms with Crippen molar-refractivity contribution in [2.45, 2.75) is 32.4 Å². The van der Waals surface area contributed by atoms with Gasteiger partial charge in [0.15, 0.2) is 0 Å². The smallest absolute Gasteiger partial charge is 0.327 e. The van der Waals surface area contributed by atoms with E-state index in [9.17, 15) is 18.8 Å². The van der Waals surface area contributed by atoms with E-state index < -0.39 is 29.1 Å². The van der Waals surface area contributed by atoms with Gasteiger partial charge in [-0.15, -0.1) is 0 Å². The summed E-state index contributed by atoms with van der Waals surface area (Å²) in [6.07, 6.45) is 1.58. The Hall–Kier alpha value is -2.90. The third kappa shape index (κ3) is 2.82. The number of rotatable bonds is 4. The SMILES string of the molecule is CCCCn1c2c(c(=O)[nH]c1=O)C(c1ccc(F)cc1)NC(=O)N2. The predicted molar refractivity (Wildman–Crippen MR) is 86.6 cm³/mol. The van der Waals surface area contributed by atoms with Crippen molar-refractivity contribution in [1.29, 1.82) is 0 Å². The number of fused-ring (bicyclic) bond motifs is 1. The van der Waals surface area contributed by atoms with Crippen molar-refractivity contribution in [3.8, 4) is 0 Å². The van der Waals surface area contributed by atoms with E-state index in [1.54, 1.807) is 0 Å². The first-order chi connectivity index (χ1) is 11.5. The summed E-state index contributed by atoms with van der Waals surface area (Å²) >= 11 is 0. The Bertz CT molecular complexity index is 886. The highest BCUT2D eigenvalue weighted by Gasteiger charge is 2.31. The monoisotopic (exact) mass is 332 g/mol. The summed E-state index contributed by atoms with van der Waals surface area (Å²) < 4.78 is 14.5. The van der Waals surface area contributed by atoms with Crippen molar-refractivity contribution >= 4 is 11.8 Å². The zero-order valence-corrected chi connectivity index (χ0v) is 13.1. The van der Waals surface area contributed by atoms with Crippen LogP contribution >= 0.6 is 0 Å². The average Bonchev–Trinajstić information content (AvgIpc) is 2.54. The van der Waals surface area contributed by atoms with Crippen molar-refractivity contribution < 1.29 is 9.18 Å². The molecule has 24 heavy (non-hydrogen) atoms. The second-order valence-electron chi connectivity index (χ2n) is 5.61. The van der Waals surface area contributed by atoms with E-state index in [1.165, 1.54) is 28.8 Å². The summed E-state index contributed by atoms with van der Waals surface area (Å²) in [5.74, 6) is -0.226. The molecule has 0 saturated heterocycles. The van der Waals surface area contributed by atoms with E-state index in [2.05, 4.69) is 15.6 Å². The summed E-state index contributed by atoms with van der Waals surface area (Å²) in [7, 11) is 0. The normalized spacial score (nSPS) is 16.2. The van der Waals surface area contributed by atoms with Crippen molar-refractivity contribution in [3.63, 3.8) is 0 Å². The quantitative estimate of drug-likeness (QED) is 0.795. The molecular weight excluding hydrogens is 315 g/mol. The van der Waals surface area contributed by atoms with Crippen LogP contribution in [0.4, 0.5) is 15.0 Å². The average molecular weight is 332 g/mol. The largest absolute Gasteiger partial charge is 0.329 e. The Morgan fingerprint density at radius 2 is 1.88 bits per heavy atom. The molecule has 3 N–H and O–H groups in total. The molecule has 0 aliphatic carbocycles. The molecule has 1 aromatic heterocycles. The minimum atomic E-state index is -0.758. The van der Waals surface area contributed by atoms with E-state index >= 15 is 0 Å². The second-order valence-corrected chi connectivity index (χ2v) is 5.61. The van der Waals surface area contributed by atoms with Gasteiger partial charge >= 0.3 is 11.7 Å². The van der Waals surface area contributed by atoms with Crippen LogP contribution in [0.1, 0.15) is 36.9 Å². The Labute approximate surface area is 136 Å². The number of aromatic nitrogens is 2. The molecular formula is C16H17FN4O3. The topological polar surface area (TPSA) is 96.0 Å². The summed E-state index contributed by atoms with van der Waals surface area (Å²) in [5, 5.41) is 5.19. The van der Waals surface area contributed by atoms with Crippen molar-refractivity contribution in [2.75, 3.05) is 5.32 Å². The van der Waals surface area contributed by atoms with Crippen LogP contribution in [-0.4, -0.2) is 15.6 Å². The lowest BCUT2D eigenvalue weighted by Gasteiger charge is -2.28. The number of carbonyl (C=O) groups is 1. The van der Waals surface area contributed by atoms with Crippen molar-refractivity contribution in [3.05, 3.63) is 62.0 Å². The third-order valence-electron chi connectivity index (χ3n) is 3.97. The van der Waals surface area contributed by atoms with Crippen LogP contribution in [0, 0.1) is 5.82 Å². The minimum Gasteiger partial charge on any atom is -0.327 e. The Balaban J connectivity index is 2.18. The van der Waals surface area contributed by atoms with Crippen LogP contribution in [0.2, 0.25) is 0 Å². The number of nitrogens with one attached hydrogen (secondary N) is 3. The molecule has 3 rings (SSSR count). The molecule has 0 spiro atoms. The molecule has 0 bridgehead atoms. The molecule has 8 heteroatoms. The number of hydrogen-bond donors (Lipinski definition) is 3. The van der Waals surface area contributed by atoms with E-state index in [0.717, 1.165) is 12.8 Å². The van der Waals surface area contributed by atoms with E-state index in [4.69, 9.17) is 0 Å². The zero-order chi connectivity index (χ0) is 17.3. The first-order valence-electron chi connectivity index (χ1n) is 7.71. The molecule has 126 valence electrons. The Morgan fingerprint density at radius 3 is 2.54 bits per heavy atom. The van der Waals surface area contributed by atoms with Gasteiger partial charge in [0.05, 0.1) is 11.6 Å². The van der Waals surface area contributed by atoms with E-state index in [1.807, 2.05) is 6.92 Å². The summed E-state index contributed by atoms with van der Waals surface area (Å²) in [5.41, 5.74) is -0.354. The number of H-pyrrole nitrogens is 1. The van der Waals surface area contributed by atoms with Crippen LogP contribution in [0.25, 0.3) is 0 Å². The summed E-state index contributed by atoms with van der Waals surface area (Å²) in [6.45, 7) is 2.36. The molecule has 1 aromatic carbocycles. The van der Waals surface area contributed by atoms with Crippen LogP contribution in [0.3, 0.4) is 0 Å². The lowest BCUT2D eigenvalue weighted by atomic mass is 9.98. The van der Waals surface area contributed by atoms with Gasteiger partial charge in [0, 0.05) is 6.54 Å². The number of urea groups is 1. The number of aromatic amines is 1. The molecule has 7 nitrogen and oxygen atoms in total. The highest BCUT2D eigenvalue weighted by molar-refractivity contribution is 5.92. The number of benzene rings is 1. The molecule has 1 aliphatic heterocycles. The van der Waals surface area contributed by atoms with Crippen molar-refractivity contribution in [2.24, 2.45) is 0 Å². The number of nitrogens with zero attached hydrogens (tertiary/aromatic N) is 1. The van der Waals surface area contributed by atoms with Gasteiger partial charge in [-0.3, -0.25) is 19.7 Å². The minimum absolute atomic E-state index is 0.190. The van der Waals surface area contributed by atoms with Crippen molar-refractivity contribution in [1.82, 2.24) is 14.9 Å². The maximum Gasteiger partial charge on any atom is 0.329 e. The number of carbonyl (C=O) groups excluding carboxylic acids is 1. The molecule has 1 atom stereocenters. The maximum atomic E-state index is 13.1. The maximum absolute atomic E-state index is 13.1. The lowest BCUT2D eigenvalue weighted by Crippen LogP contribution is -2.46. The number of hydrogen-bond acceptors (Lipinski definition) is 3. The molecule has 0 fully saturated rings. The van der Waals surface area contributed by atoms with Gasteiger partial charge in [-0.25, -0.2) is 14.0 Å². The highest BCUT2D eigenvalue weighted by atomic mass is 19.1. The van der Waals surface area contributed by atoms with Gasteiger partial charge in [0.2, 0.25) is 0 Å². The Morgan fingerprint density at radius 1 is 1.17 bits per heavy atom. The fraction of sp³-hybridized carbons (Fsp3) is 0.312. The first kappa shape index (κ1) is 16.0. The third-order valence-corrected chi connectivity index (χ3v) is 3.97. The van der Waals surface area contributed by atoms with Crippen LogP contribution < -0.4 is 21.9 Å². The van der Waals surface area contributed by atoms with Gasteiger partial charge in [0.1, 0.15) is 11.6 Å². The van der Waals surface area contributed by atoms with Gasteiger partial charge < -0.3 is 5.32 Å². The fourth-order valence-corrected chi connectivity index (χ4v) is 2.77. The molecule has 0 saturated carbocycles. The Kier molecular flexibility index (Phi) is 4.20. The molecule has 0 radical (unpaired) electrons. The van der Waals surface area contributed by atoms with Crippen LogP contribution in [-0.2, 0) is 6.54 Å². The number of amides is 2. The van der Waals surface area contributed by atoms with Gasteiger partial charge in [-0.1, -0.05) is 25.5 Å². The molecule has 2 aromatic rings. The number of halogens is 1. The first-order valence-corrected chi connectivity index (χ1v) is 7.71. The summed E-state index contributed by atoms with van der Waals surface area (Å²) in [6, 6.07) is 4.22. The zero-order valence-electron chi connectivity index (χ0n) is 13.1. The lowest BCUT2D eigenvalue weighted by molar-refractivity contribution is 0.248. The van der Waals surface area contributed by atoms with Crippen LogP contribution in [0.15, 0.2) is 33.9 Å². The van der Waals surface area contributed by atoms with Gasteiger partial charge in [-0.2, -0.15) is 0 Å². The molecule has 2 heterocycles. The predicted octanol–water partition coefficient (Wildman–Crippen LogP) is 1.70. The summed E-state index contributed by atoms with van der Waals surface area (Å²) in [4.78, 5) is 38.7. The van der Waals surface area contributed by atoms with E-state index in [0.29, 0.717) is 12.1 Å². The highest BCUT2D eigenvalue weighted by Crippen LogP contribution is 2.28. The molecule has 2 amide bonds. The standard InChI is InChI=1S/C16H17FN4O3/c1-2-3-8-21-13-11(14(22)20-16(21)24)12(18-15(23)19-13)9-4-6-10(17)7-5-9/h4-7,12H,2-3,8H2,1H3,(H2,18,19,23)(H,20,22,24). The second kappa shape index (κ2) is 6.31. The number of unbranched alkanes of at least 4 members (excludes halogenated alkanes) is 1. The van der Waals surface area contributed by atoms with Gasteiger partial charge in [-0.05, 0) is 24.1 Å². The van der Waals surface area contributed by atoms with E-state index in [-0.39, 0.29) is 11.4 Å². The number of anilines is 1. The molecule has 1 aliphatic rings. The van der Waals surface area contributed by atoms with Crippen LogP contribution in [0.5, 0.6) is 0 Å². The molecule has 1 unspecified atom stereocenters. The van der Waals surface area contributed by atoms with Gasteiger partial charge in [0.25, 0.3) is 5.56 Å². The fourth-order valence-electron chi connectivity index (χ4n) is 2.77.